The van der Waals surface area contributed by atoms with Crippen LogP contribution in [0.2, 0.25) is 0 Å². The summed E-state index contributed by atoms with van der Waals surface area (Å²) in [6.45, 7) is 1.25. The molecule has 6 nitrogen and oxygen atoms in total. The molecule has 3 aromatic heterocycles. The molecule has 0 saturated carbocycles. The Kier molecular flexibility index (Phi) is 7.33. The summed E-state index contributed by atoms with van der Waals surface area (Å²) >= 11 is 0. The molecular formula is C21H16F10N4O2S. The number of rotatable bonds is 8. The Labute approximate surface area is 208 Å². The summed E-state index contributed by atoms with van der Waals surface area (Å²) in [5.41, 5.74) is -1.64. The number of halogens is 10. The van der Waals surface area contributed by atoms with Crippen molar-refractivity contribution in [3.63, 3.8) is 0 Å². The van der Waals surface area contributed by atoms with Crippen LogP contribution in [0, 0.1) is 0 Å². The summed E-state index contributed by atoms with van der Waals surface area (Å²) in [5.74, 6) is -22.3. The molecule has 3 heterocycles. The molecule has 0 saturated heterocycles. The van der Waals surface area contributed by atoms with Crippen molar-refractivity contribution in [3.05, 3.63) is 48.5 Å². The molecule has 1 atom stereocenters. The highest BCUT2D eigenvalue weighted by Crippen LogP contribution is 2.57. The van der Waals surface area contributed by atoms with E-state index < -0.39 is 67.8 Å². The summed E-state index contributed by atoms with van der Waals surface area (Å²) in [6.07, 6.45) is -8.88. The van der Waals surface area contributed by atoms with Gasteiger partial charge in [0.2, 0.25) is 6.17 Å². The third-order valence-corrected chi connectivity index (χ3v) is 7.25. The van der Waals surface area contributed by atoms with Gasteiger partial charge in [0.15, 0.2) is 15.7 Å². The van der Waals surface area contributed by atoms with Crippen molar-refractivity contribution in [1.29, 1.82) is 0 Å². The summed E-state index contributed by atoms with van der Waals surface area (Å²) in [4.78, 5) is 10.9. The maximum Gasteiger partial charge on any atom is 0.460 e. The molecular weight excluding hydrogens is 562 g/mol. The lowest BCUT2D eigenvalue weighted by molar-refractivity contribution is -0.403. The minimum Gasteiger partial charge on any atom is -0.327 e. The third-order valence-electron chi connectivity index (χ3n) is 5.51. The van der Waals surface area contributed by atoms with E-state index in [1.54, 1.807) is 12.1 Å². The third kappa shape index (κ3) is 4.60. The molecule has 0 unspecified atom stereocenters. The molecule has 0 fully saturated rings. The fourth-order valence-electron chi connectivity index (χ4n) is 3.29. The van der Waals surface area contributed by atoms with Crippen LogP contribution in [0.25, 0.3) is 22.8 Å². The molecule has 0 aliphatic carbocycles. The van der Waals surface area contributed by atoms with Gasteiger partial charge in [-0.2, -0.15) is 39.5 Å². The summed E-state index contributed by atoms with van der Waals surface area (Å²) in [6, 6.07) is 5.75. The molecule has 0 radical (unpaired) electrons. The van der Waals surface area contributed by atoms with Gasteiger partial charge in [0.05, 0.1) is 28.2 Å². The van der Waals surface area contributed by atoms with Crippen LogP contribution < -0.4 is 0 Å². The number of aromatic nitrogens is 4. The number of sulfone groups is 1. The topological polar surface area (TPSA) is 77.7 Å². The second-order valence-electron chi connectivity index (χ2n) is 7.89. The molecule has 0 bridgehead atoms. The number of nitrogens with zero attached hydrogens (tertiary/aromatic N) is 4. The molecule has 3 aromatic rings. The average molecular weight is 578 g/mol. The monoisotopic (exact) mass is 578 g/mol. The standard InChI is InChI=1S/C21H16F10N4O2S/c1-3-38(36,37)14-8-11(12-6-4-5-7-32-12)9-33-15(14)17-34-10-13(35(17)2)16(22)18(23,24)19(25,26)20(27,28)21(29,30)31/h4-10,16H,3H2,1-2H3/t16-/m0/s1. The lowest BCUT2D eigenvalue weighted by Gasteiger charge is -2.35. The van der Waals surface area contributed by atoms with Gasteiger partial charge in [-0.25, -0.2) is 17.8 Å². The van der Waals surface area contributed by atoms with Gasteiger partial charge in [0.25, 0.3) is 0 Å². The van der Waals surface area contributed by atoms with Gasteiger partial charge >= 0.3 is 23.9 Å². The molecule has 38 heavy (non-hydrogen) atoms. The first-order chi connectivity index (χ1) is 17.3. The predicted molar refractivity (Wildman–Crippen MR) is 112 cm³/mol. The van der Waals surface area contributed by atoms with Crippen LogP contribution >= 0.6 is 0 Å². The molecule has 0 N–H and O–H groups in total. The van der Waals surface area contributed by atoms with Gasteiger partial charge in [-0.15, -0.1) is 0 Å². The van der Waals surface area contributed by atoms with Crippen molar-refractivity contribution in [1.82, 2.24) is 19.5 Å². The Bertz CT molecular complexity index is 1420. The van der Waals surface area contributed by atoms with E-state index in [4.69, 9.17) is 0 Å². The van der Waals surface area contributed by atoms with E-state index in [0.717, 1.165) is 19.3 Å². The normalized spacial score (nSPS) is 14.5. The maximum atomic E-state index is 14.7. The Morgan fingerprint density at radius 1 is 0.921 bits per heavy atom. The Hall–Kier alpha value is -3.24. The van der Waals surface area contributed by atoms with E-state index in [1.165, 1.54) is 19.2 Å². The molecule has 0 aliphatic rings. The lowest BCUT2D eigenvalue weighted by Crippen LogP contribution is -2.62. The van der Waals surface area contributed by atoms with Crippen LogP contribution in [0.15, 0.2) is 47.8 Å². The van der Waals surface area contributed by atoms with Gasteiger partial charge < -0.3 is 4.57 Å². The van der Waals surface area contributed by atoms with Gasteiger partial charge in [-0.3, -0.25) is 9.97 Å². The predicted octanol–water partition coefficient (Wildman–Crippen LogP) is 5.82. The van der Waals surface area contributed by atoms with Crippen molar-refractivity contribution in [2.24, 2.45) is 7.05 Å². The minimum absolute atomic E-state index is 0.173. The zero-order valence-corrected chi connectivity index (χ0v) is 19.9. The van der Waals surface area contributed by atoms with E-state index in [1.807, 2.05) is 0 Å². The highest BCUT2D eigenvalue weighted by Gasteiger charge is 2.83. The molecule has 0 aliphatic heterocycles. The van der Waals surface area contributed by atoms with Gasteiger partial charge in [-0.05, 0) is 18.2 Å². The summed E-state index contributed by atoms with van der Waals surface area (Å²) < 4.78 is 160. The Morgan fingerprint density at radius 2 is 1.55 bits per heavy atom. The average Bonchev–Trinajstić information content (AvgIpc) is 3.23. The smallest absolute Gasteiger partial charge is 0.327 e. The number of pyridine rings is 2. The number of hydrogen-bond donors (Lipinski definition) is 0. The first-order valence-corrected chi connectivity index (χ1v) is 12.0. The van der Waals surface area contributed by atoms with E-state index in [2.05, 4.69) is 15.0 Å². The van der Waals surface area contributed by atoms with Crippen LogP contribution in [0.3, 0.4) is 0 Å². The Morgan fingerprint density at radius 3 is 2.08 bits per heavy atom. The first kappa shape index (κ1) is 29.3. The molecule has 3 rings (SSSR count). The molecule has 0 amide bonds. The quantitative estimate of drug-likeness (QED) is 0.315. The number of alkyl halides is 10. The zero-order valence-electron chi connectivity index (χ0n) is 19.1. The van der Waals surface area contributed by atoms with E-state index in [-0.39, 0.29) is 17.5 Å². The van der Waals surface area contributed by atoms with Crippen molar-refractivity contribution < 1.29 is 52.3 Å². The SMILES string of the molecule is CCS(=O)(=O)c1cc(-c2ccccn2)cnc1-c1ncc([C@H](F)C(F)(F)C(F)(F)C(F)(F)C(F)(F)F)n1C. The van der Waals surface area contributed by atoms with Crippen LogP contribution in [-0.4, -0.2) is 57.6 Å². The van der Waals surface area contributed by atoms with Crippen LogP contribution in [0.5, 0.6) is 0 Å². The van der Waals surface area contributed by atoms with Crippen molar-refractivity contribution in [2.45, 2.75) is 41.9 Å². The second kappa shape index (κ2) is 9.50. The lowest BCUT2D eigenvalue weighted by atomic mass is 9.98. The van der Waals surface area contributed by atoms with E-state index in [9.17, 15) is 52.3 Å². The van der Waals surface area contributed by atoms with Crippen LogP contribution in [-0.2, 0) is 16.9 Å². The molecule has 0 aromatic carbocycles. The summed E-state index contributed by atoms with van der Waals surface area (Å²) in [5, 5.41) is 0. The largest absolute Gasteiger partial charge is 0.460 e. The molecule has 208 valence electrons. The van der Waals surface area contributed by atoms with Crippen molar-refractivity contribution >= 4 is 9.84 Å². The fraction of sp³-hybridized carbons (Fsp3) is 0.381. The van der Waals surface area contributed by atoms with E-state index >= 15 is 0 Å². The Balaban J connectivity index is 2.14. The fourth-order valence-corrected chi connectivity index (χ4v) is 4.35. The van der Waals surface area contributed by atoms with Crippen LogP contribution in [0.4, 0.5) is 43.9 Å². The van der Waals surface area contributed by atoms with Gasteiger partial charge in [0.1, 0.15) is 5.69 Å². The second-order valence-corrected chi connectivity index (χ2v) is 10.1. The van der Waals surface area contributed by atoms with E-state index in [0.29, 0.717) is 4.57 Å². The molecule has 17 heteroatoms. The van der Waals surface area contributed by atoms with Gasteiger partial charge in [-0.1, -0.05) is 13.0 Å². The summed E-state index contributed by atoms with van der Waals surface area (Å²) in [7, 11) is -3.42. The van der Waals surface area contributed by atoms with Crippen molar-refractivity contribution in [2.75, 3.05) is 5.75 Å². The number of hydrogen-bond acceptors (Lipinski definition) is 5. The van der Waals surface area contributed by atoms with Crippen molar-refractivity contribution in [3.8, 4) is 22.8 Å². The minimum atomic E-state index is -7.29. The highest BCUT2D eigenvalue weighted by molar-refractivity contribution is 7.91. The molecule has 0 spiro atoms. The highest BCUT2D eigenvalue weighted by atomic mass is 32.2. The first-order valence-electron chi connectivity index (χ1n) is 10.3. The number of imidazole rings is 1. The zero-order chi connectivity index (χ0) is 28.9. The maximum absolute atomic E-state index is 14.7. The van der Waals surface area contributed by atoms with Crippen LogP contribution in [0.1, 0.15) is 18.8 Å². The van der Waals surface area contributed by atoms with Gasteiger partial charge in [0, 0.05) is 25.0 Å².